The van der Waals surface area contributed by atoms with Crippen molar-refractivity contribution in [2.75, 3.05) is 18.1 Å². The molecule has 0 radical (unpaired) electrons. The first-order valence-electron chi connectivity index (χ1n) is 8.49. The molecule has 2 heterocycles. The number of carbonyl (C=O) groups excluding carboxylic acids is 1. The minimum atomic E-state index is -3.14. The highest BCUT2D eigenvalue weighted by Gasteiger charge is 2.48. The first kappa shape index (κ1) is 16.3. The lowest BCUT2D eigenvalue weighted by molar-refractivity contribution is -0.134. The second kappa shape index (κ2) is 5.98. The summed E-state index contributed by atoms with van der Waals surface area (Å²) in [6.07, 6.45) is 4.30. The van der Waals surface area contributed by atoms with Crippen LogP contribution in [0.3, 0.4) is 0 Å². The summed E-state index contributed by atoms with van der Waals surface area (Å²) in [5, 5.41) is 4.14. The molecule has 1 aliphatic heterocycles. The second-order valence-electron chi connectivity index (χ2n) is 6.97. The summed E-state index contributed by atoms with van der Waals surface area (Å²) in [6.45, 7) is 0.263. The van der Waals surface area contributed by atoms with Gasteiger partial charge in [0.15, 0.2) is 9.84 Å². The van der Waals surface area contributed by atoms with Crippen molar-refractivity contribution in [1.29, 1.82) is 0 Å². The third kappa shape index (κ3) is 3.20. The second-order valence-corrected chi connectivity index (χ2v) is 9.20. The molecule has 2 aliphatic rings. The fourth-order valence-electron chi connectivity index (χ4n) is 3.71. The highest BCUT2D eigenvalue weighted by Crippen LogP contribution is 2.49. The smallest absolute Gasteiger partial charge is 0.226 e. The van der Waals surface area contributed by atoms with E-state index in [1.165, 1.54) is 5.56 Å². The van der Waals surface area contributed by atoms with Crippen molar-refractivity contribution in [2.45, 2.75) is 18.4 Å². The summed E-state index contributed by atoms with van der Waals surface area (Å²) >= 11 is 0. The Balaban J connectivity index is 1.56. The average molecular weight is 359 g/mol. The quantitative estimate of drug-likeness (QED) is 0.833. The van der Waals surface area contributed by atoms with Crippen LogP contribution in [0.5, 0.6) is 0 Å². The summed E-state index contributed by atoms with van der Waals surface area (Å²) in [4.78, 5) is 14.8. The van der Waals surface area contributed by atoms with Gasteiger partial charge >= 0.3 is 0 Å². The van der Waals surface area contributed by atoms with Crippen LogP contribution < -0.4 is 0 Å². The predicted octanol–water partition coefficient (Wildman–Crippen LogP) is 1.52. The lowest BCUT2D eigenvalue weighted by atomic mass is 10.1. The van der Waals surface area contributed by atoms with Crippen molar-refractivity contribution < 1.29 is 13.2 Å². The molecule has 3 atom stereocenters. The molecule has 1 aliphatic carbocycles. The maximum absolute atomic E-state index is 13.0. The van der Waals surface area contributed by atoms with Gasteiger partial charge in [-0.05, 0) is 17.9 Å². The van der Waals surface area contributed by atoms with Crippen molar-refractivity contribution in [3.05, 3.63) is 53.9 Å². The molecule has 7 heteroatoms. The van der Waals surface area contributed by atoms with Gasteiger partial charge < -0.3 is 4.90 Å². The van der Waals surface area contributed by atoms with Crippen molar-refractivity contribution in [3.8, 4) is 0 Å². The van der Waals surface area contributed by atoms with Crippen LogP contribution in [0.2, 0.25) is 0 Å². The van der Waals surface area contributed by atoms with Gasteiger partial charge in [-0.3, -0.25) is 9.48 Å². The number of aromatic nitrogens is 2. The third-order valence-electron chi connectivity index (χ3n) is 5.16. The molecule has 1 amide bonds. The summed E-state index contributed by atoms with van der Waals surface area (Å²) in [6, 6.07) is 9.62. The van der Waals surface area contributed by atoms with Gasteiger partial charge in [-0.1, -0.05) is 30.3 Å². The number of aryl methyl sites for hydroxylation is 1. The molecule has 6 nitrogen and oxygen atoms in total. The standard InChI is InChI=1S/C18H21N3O3S/c1-20-11-14(10-19-20)17-12-25(23,24)8-7-21(17)18(22)16-9-15(16)13-5-3-2-4-6-13/h2-6,10-11,15-17H,7-9,12H2,1H3/t15-,16-,17-/m0/s1. The van der Waals surface area contributed by atoms with E-state index in [4.69, 9.17) is 0 Å². The summed E-state index contributed by atoms with van der Waals surface area (Å²) in [7, 11) is -1.35. The molecule has 1 aromatic carbocycles. The fourth-order valence-corrected chi connectivity index (χ4v) is 5.20. The average Bonchev–Trinajstić information content (AvgIpc) is 3.28. The Bertz CT molecular complexity index is 891. The van der Waals surface area contributed by atoms with E-state index in [9.17, 15) is 13.2 Å². The molecule has 2 fully saturated rings. The van der Waals surface area contributed by atoms with Crippen LogP contribution in [-0.2, 0) is 21.7 Å². The highest BCUT2D eigenvalue weighted by atomic mass is 32.2. The molecule has 2 aromatic rings. The number of amides is 1. The number of benzene rings is 1. The maximum Gasteiger partial charge on any atom is 0.226 e. The van der Waals surface area contributed by atoms with E-state index in [-0.39, 0.29) is 35.8 Å². The van der Waals surface area contributed by atoms with E-state index < -0.39 is 15.9 Å². The van der Waals surface area contributed by atoms with Gasteiger partial charge in [0, 0.05) is 31.3 Å². The van der Waals surface area contributed by atoms with Gasteiger partial charge in [0.25, 0.3) is 0 Å². The number of rotatable bonds is 3. The normalized spacial score (nSPS) is 27.9. The van der Waals surface area contributed by atoms with Crippen molar-refractivity contribution in [3.63, 3.8) is 0 Å². The predicted molar refractivity (Wildman–Crippen MR) is 93.6 cm³/mol. The number of sulfone groups is 1. The van der Waals surface area contributed by atoms with Gasteiger partial charge in [-0.25, -0.2) is 8.42 Å². The minimum absolute atomic E-state index is 0.0207. The SMILES string of the molecule is Cn1cc([C@@H]2CS(=O)(=O)CCN2C(=O)[C@H]2C[C@H]2c2ccccc2)cn1. The van der Waals surface area contributed by atoms with E-state index in [0.29, 0.717) is 0 Å². The number of nitrogens with zero attached hydrogens (tertiary/aromatic N) is 3. The maximum atomic E-state index is 13.0. The third-order valence-corrected chi connectivity index (χ3v) is 6.79. The number of hydrogen-bond acceptors (Lipinski definition) is 4. The Morgan fingerprint density at radius 1 is 1.20 bits per heavy atom. The Morgan fingerprint density at radius 3 is 2.64 bits per heavy atom. The van der Waals surface area contributed by atoms with Crippen molar-refractivity contribution in [2.24, 2.45) is 13.0 Å². The van der Waals surface area contributed by atoms with Crippen molar-refractivity contribution >= 4 is 15.7 Å². The van der Waals surface area contributed by atoms with Crippen LogP contribution in [0.1, 0.15) is 29.5 Å². The first-order chi connectivity index (χ1) is 11.9. The molecule has 4 rings (SSSR count). The van der Waals surface area contributed by atoms with E-state index in [1.807, 2.05) is 18.2 Å². The van der Waals surface area contributed by atoms with Crippen LogP contribution in [0.4, 0.5) is 0 Å². The van der Waals surface area contributed by atoms with E-state index >= 15 is 0 Å². The van der Waals surface area contributed by atoms with Gasteiger partial charge in [0.1, 0.15) is 0 Å². The van der Waals surface area contributed by atoms with E-state index in [1.54, 1.807) is 29.0 Å². The lowest BCUT2D eigenvalue weighted by Gasteiger charge is -2.35. The van der Waals surface area contributed by atoms with Gasteiger partial charge in [-0.2, -0.15) is 5.10 Å². The first-order valence-corrected chi connectivity index (χ1v) is 10.3. The molecule has 25 heavy (non-hydrogen) atoms. The lowest BCUT2D eigenvalue weighted by Crippen LogP contribution is -2.46. The molecule has 0 bridgehead atoms. The summed E-state index contributed by atoms with van der Waals surface area (Å²) < 4.78 is 25.9. The Morgan fingerprint density at radius 2 is 1.96 bits per heavy atom. The number of hydrogen-bond donors (Lipinski definition) is 0. The van der Waals surface area contributed by atoms with Gasteiger partial charge in [0.2, 0.25) is 5.91 Å². The van der Waals surface area contributed by atoms with Gasteiger partial charge in [-0.15, -0.1) is 0 Å². The highest BCUT2D eigenvalue weighted by molar-refractivity contribution is 7.91. The summed E-state index contributed by atoms with van der Waals surface area (Å²) in [5.74, 6) is 0.299. The molecule has 0 spiro atoms. The van der Waals surface area contributed by atoms with Crippen LogP contribution in [-0.4, -0.2) is 47.1 Å². The number of carbonyl (C=O) groups is 1. The fraction of sp³-hybridized carbons (Fsp3) is 0.444. The molecule has 1 saturated heterocycles. The zero-order valence-electron chi connectivity index (χ0n) is 14.1. The summed E-state index contributed by atoms with van der Waals surface area (Å²) in [5.41, 5.74) is 1.97. The van der Waals surface area contributed by atoms with Crippen LogP contribution >= 0.6 is 0 Å². The van der Waals surface area contributed by atoms with Crippen LogP contribution in [0.25, 0.3) is 0 Å². The Labute approximate surface area is 147 Å². The van der Waals surface area contributed by atoms with Crippen LogP contribution in [0, 0.1) is 5.92 Å². The Hall–Kier alpha value is -2.15. The van der Waals surface area contributed by atoms with Crippen LogP contribution in [0.15, 0.2) is 42.7 Å². The Kier molecular flexibility index (Phi) is 3.91. The van der Waals surface area contributed by atoms with E-state index in [0.717, 1.165) is 12.0 Å². The molecule has 132 valence electrons. The zero-order valence-corrected chi connectivity index (χ0v) is 14.9. The zero-order chi connectivity index (χ0) is 17.6. The molecular formula is C18H21N3O3S. The molecule has 1 saturated carbocycles. The van der Waals surface area contributed by atoms with Crippen molar-refractivity contribution in [1.82, 2.24) is 14.7 Å². The van der Waals surface area contributed by atoms with Gasteiger partial charge in [0.05, 0.1) is 23.7 Å². The minimum Gasteiger partial charge on any atom is -0.333 e. The van der Waals surface area contributed by atoms with E-state index in [2.05, 4.69) is 17.2 Å². The monoisotopic (exact) mass is 359 g/mol. The topological polar surface area (TPSA) is 72.3 Å². The largest absolute Gasteiger partial charge is 0.333 e. The molecule has 0 N–H and O–H groups in total. The molecule has 0 unspecified atom stereocenters. The molecular weight excluding hydrogens is 338 g/mol. The molecule has 1 aromatic heterocycles.